The molecule has 0 amide bonds. The van der Waals surface area contributed by atoms with E-state index >= 15 is 0 Å². The summed E-state index contributed by atoms with van der Waals surface area (Å²) in [6.45, 7) is 3.86. The molecule has 0 rings (SSSR count). The van der Waals surface area contributed by atoms with E-state index in [-0.39, 0.29) is 0 Å². The average molecular weight is 204 g/mol. The summed E-state index contributed by atoms with van der Waals surface area (Å²) in [5.41, 5.74) is 0. The first-order chi connectivity index (χ1) is 4.12. The topological polar surface area (TPSA) is 0 Å². The first-order valence-electron chi connectivity index (χ1n) is 2.71. The third-order valence-electron chi connectivity index (χ3n) is 0.567. The lowest BCUT2D eigenvalue weighted by atomic mass is 11.0. The Balaban J connectivity index is 3.58. The molecular weight excluding hydrogens is 194 g/mol. The minimum absolute atomic E-state index is 0.792. The molecule has 0 aliphatic heterocycles. The van der Waals surface area contributed by atoms with Crippen LogP contribution in [0.2, 0.25) is 0 Å². The molecule has 0 aromatic rings. The molecule has 0 radical (unpaired) electrons. The van der Waals surface area contributed by atoms with Gasteiger partial charge >= 0.3 is 0 Å². The molecule has 0 saturated carbocycles. The van der Waals surface area contributed by atoms with Gasteiger partial charge in [0.2, 0.25) is 4.75 Å². The smallest absolute Gasteiger partial charge is 0.194 e. The molecular formula is C4H10FPS3. The molecule has 0 saturated heterocycles. The second-order valence-corrected chi connectivity index (χ2v) is 12.0. The van der Waals surface area contributed by atoms with Crippen LogP contribution in [0.5, 0.6) is 0 Å². The average Bonchev–Trinajstić information content (AvgIpc) is 1.64. The van der Waals surface area contributed by atoms with Crippen molar-refractivity contribution in [3.8, 4) is 0 Å². The van der Waals surface area contributed by atoms with Crippen molar-refractivity contribution in [2.24, 2.45) is 0 Å². The van der Waals surface area contributed by atoms with Crippen LogP contribution in [0.15, 0.2) is 0 Å². The first-order valence-corrected chi connectivity index (χ1v) is 8.58. The van der Waals surface area contributed by atoms with Gasteiger partial charge in [-0.15, -0.1) is 0 Å². The van der Waals surface area contributed by atoms with Crippen molar-refractivity contribution < 1.29 is 4.20 Å². The lowest BCUT2D eigenvalue weighted by Gasteiger charge is -2.06. The van der Waals surface area contributed by atoms with Gasteiger partial charge in [0.05, 0.1) is 0 Å². The minimum atomic E-state index is -2.53. The highest BCUT2D eigenvalue weighted by molar-refractivity contribution is 8.99. The zero-order chi connectivity index (χ0) is 7.33. The summed E-state index contributed by atoms with van der Waals surface area (Å²) in [5, 5.41) is 0. The molecule has 0 bridgehead atoms. The van der Waals surface area contributed by atoms with Crippen LogP contribution in [-0.2, 0) is 11.8 Å². The van der Waals surface area contributed by atoms with Gasteiger partial charge in [-0.3, -0.25) is 0 Å². The third kappa shape index (κ3) is 5.71. The highest BCUT2D eigenvalue weighted by Crippen LogP contribution is 2.70. The van der Waals surface area contributed by atoms with E-state index in [0.717, 1.165) is 11.5 Å². The molecule has 0 atom stereocenters. The second kappa shape index (κ2) is 5.00. The van der Waals surface area contributed by atoms with Gasteiger partial charge in [0, 0.05) is 0 Å². The summed E-state index contributed by atoms with van der Waals surface area (Å²) in [7, 11) is 0. The fraction of sp³-hybridized carbons (Fsp3) is 1.00. The summed E-state index contributed by atoms with van der Waals surface area (Å²) >= 11 is 7.27. The molecule has 0 spiro atoms. The largest absolute Gasteiger partial charge is 0.219 e. The van der Waals surface area contributed by atoms with E-state index in [4.69, 9.17) is 11.8 Å². The molecule has 0 heterocycles. The third-order valence-corrected chi connectivity index (χ3v) is 8.89. The molecule has 0 aliphatic rings. The molecule has 0 aromatic carbocycles. The Morgan fingerprint density at radius 1 is 1.33 bits per heavy atom. The van der Waals surface area contributed by atoms with E-state index < -0.39 is 4.75 Å². The highest BCUT2D eigenvalue weighted by Gasteiger charge is 2.13. The molecule has 5 heteroatoms. The van der Waals surface area contributed by atoms with Crippen LogP contribution in [0.25, 0.3) is 0 Å². The van der Waals surface area contributed by atoms with Crippen LogP contribution in [0.3, 0.4) is 0 Å². The van der Waals surface area contributed by atoms with E-state index in [2.05, 4.69) is 0 Å². The summed E-state index contributed by atoms with van der Waals surface area (Å²) in [5.74, 6) is 1.58. The van der Waals surface area contributed by atoms with Gasteiger partial charge in [-0.25, -0.2) is 0 Å². The maximum Gasteiger partial charge on any atom is 0.219 e. The quantitative estimate of drug-likeness (QED) is 0.641. The molecule has 0 unspecified atom stereocenters. The predicted octanol–water partition coefficient (Wildman–Crippen LogP) is 3.69. The fourth-order valence-electron chi connectivity index (χ4n) is 0.346. The summed E-state index contributed by atoms with van der Waals surface area (Å²) < 4.78 is 10.4. The second-order valence-electron chi connectivity index (χ2n) is 1.27. The van der Waals surface area contributed by atoms with Gasteiger partial charge in [0.1, 0.15) is 0 Å². The molecule has 0 nitrogen and oxygen atoms in total. The first kappa shape index (κ1) is 10.3. The van der Waals surface area contributed by atoms with Crippen molar-refractivity contribution in [1.82, 2.24) is 0 Å². The monoisotopic (exact) mass is 204 g/mol. The maximum atomic E-state index is 12.9. The lowest BCUT2D eigenvalue weighted by molar-refractivity contribution is 0.929. The van der Waals surface area contributed by atoms with Gasteiger partial charge in [-0.05, 0) is 23.3 Å². The van der Waals surface area contributed by atoms with Crippen molar-refractivity contribution in [3.05, 3.63) is 0 Å². The Morgan fingerprint density at radius 2 is 1.67 bits per heavy atom. The van der Waals surface area contributed by atoms with Crippen LogP contribution >= 0.6 is 27.5 Å². The van der Waals surface area contributed by atoms with Crippen LogP contribution < -0.4 is 0 Å². The summed E-state index contributed by atoms with van der Waals surface area (Å²) in [6.07, 6.45) is 0. The van der Waals surface area contributed by atoms with E-state index in [1.165, 1.54) is 22.8 Å². The van der Waals surface area contributed by atoms with Crippen LogP contribution in [-0.4, -0.2) is 11.5 Å². The Hall–Kier alpha value is 1.28. The lowest BCUT2D eigenvalue weighted by Crippen LogP contribution is -1.65. The van der Waals surface area contributed by atoms with Crippen molar-refractivity contribution in [3.63, 3.8) is 0 Å². The molecule has 9 heavy (non-hydrogen) atoms. The number of rotatable bonds is 4. The van der Waals surface area contributed by atoms with Gasteiger partial charge < -0.3 is 0 Å². The molecule has 0 fully saturated rings. The number of halogens is 1. The zero-order valence-electron chi connectivity index (χ0n) is 5.46. The Bertz CT molecular complexity index is 106. The Labute approximate surface area is 69.0 Å². The minimum Gasteiger partial charge on any atom is -0.194 e. The van der Waals surface area contributed by atoms with Gasteiger partial charge in [0.25, 0.3) is 0 Å². The number of hydrogen-bond donors (Lipinski definition) is 0. The van der Waals surface area contributed by atoms with Gasteiger partial charge in [0.15, 0.2) is 0 Å². The van der Waals surface area contributed by atoms with Crippen LogP contribution in [0, 0.1) is 0 Å². The van der Waals surface area contributed by atoms with Gasteiger partial charge in [-0.2, -0.15) is 4.20 Å². The van der Waals surface area contributed by atoms with Crippen molar-refractivity contribution in [2.45, 2.75) is 13.8 Å². The van der Waals surface area contributed by atoms with Crippen molar-refractivity contribution >= 4 is 39.3 Å². The fourth-order valence-corrected chi connectivity index (χ4v) is 7.58. The normalized spacial score (nSPS) is 11.9. The summed E-state index contributed by atoms with van der Waals surface area (Å²) in [6, 6.07) is 0. The van der Waals surface area contributed by atoms with Crippen molar-refractivity contribution in [2.75, 3.05) is 11.5 Å². The maximum absolute atomic E-state index is 12.9. The number of hydrogen-bond acceptors (Lipinski definition) is 3. The molecule has 0 aliphatic carbocycles. The molecule has 0 aromatic heterocycles. The Morgan fingerprint density at radius 3 is 1.89 bits per heavy atom. The Kier molecular flexibility index (Phi) is 5.71. The highest BCUT2D eigenvalue weighted by atomic mass is 33.2. The van der Waals surface area contributed by atoms with Gasteiger partial charge in [-0.1, -0.05) is 36.6 Å². The SMILES string of the molecule is CCSP(F)(=S)SCC. The van der Waals surface area contributed by atoms with E-state index in [9.17, 15) is 4.20 Å². The van der Waals surface area contributed by atoms with E-state index in [1.807, 2.05) is 13.8 Å². The molecule has 56 valence electrons. The van der Waals surface area contributed by atoms with Crippen molar-refractivity contribution in [1.29, 1.82) is 0 Å². The summed E-state index contributed by atoms with van der Waals surface area (Å²) in [4.78, 5) is 0. The van der Waals surface area contributed by atoms with Crippen LogP contribution in [0.1, 0.15) is 13.8 Å². The van der Waals surface area contributed by atoms with E-state index in [1.54, 1.807) is 0 Å². The predicted molar refractivity (Wildman–Crippen MR) is 51.7 cm³/mol. The zero-order valence-corrected chi connectivity index (χ0v) is 8.81. The van der Waals surface area contributed by atoms with E-state index in [0.29, 0.717) is 0 Å². The molecule has 0 N–H and O–H groups in total. The standard InChI is InChI=1S/C4H10FPS3/c1-3-8-6(5,7)9-4-2/h3-4H2,1-2H3. The van der Waals surface area contributed by atoms with Crippen LogP contribution in [0.4, 0.5) is 4.20 Å².